The number of allylic oxidation sites excluding steroid dienone is 1. The van der Waals surface area contributed by atoms with Crippen LogP contribution in [0.5, 0.6) is 0 Å². The zero-order valence-electron chi connectivity index (χ0n) is 12.3. The van der Waals surface area contributed by atoms with E-state index in [1.165, 1.54) is 19.2 Å². The molecule has 1 saturated carbocycles. The van der Waals surface area contributed by atoms with Crippen molar-refractivity contribution in [2.75, 3.05) is 5.75 Å². The summed E-state index contributed by atoms with van der Waals surface area (Å²) < 4.78 is 24.4. The lowest BCUT2D eigenvalue weighted by atomic mass is 9.89. The quantitative estimate of drug-likeness (QED) is 0.453. The number of amides is 1. The van der Waals surface area contributed by atoms with Crippen LogP contribution in [0.25, 0.3) is 0 Å². The van der Waals surface area contributed by atoms with Gasteiger partial charge in [0.25, 0.3) is 0 Å². The van der Waals surface area contributed by atoms with Gasteiger partial charge < -0.3 is 5.41 Å². The average molecular weight is 327 g/mol. The summed E-state index contributed by atoms with van der Waals surface area (Å²) in [6, 6.07) is -1.55. The Morgan fingerprint density at radius 2 is 2.14 bits per heavy atom. The van der Waals surface area contributed by atoms with Crippen LogP contribution in [-0.2, 0) is 14.6 Å². The predicted molar refractivity (Wildman–Crippen MR) is 80.7 cm³/mol. The van der Waals surface area contributed by atoms with Gasteiger partial charge in [-0.2, -0.15) is 0 Å². The van der Waals surface area contributed by atoms with Gasteiger partial charge in [0.2, 0.25) is 6.04 Å². The van der Waals surface area contributed by atoms with Crippen molar-refractivity contribution >= 4 is 27.7 Å². The van der Waals surface area contributed by atoms with Crippen LogP contribution in [0.15, 0.2) is 16.6 Å². The Bertz CT molecular complexity index is 703. The first kappa shape index (κ1) is 16.5. The largest absolute Gasteiger partial charge is 0.470 e. The maximum absolute atomic E-state index is 12.2. The summed E-state index contributed by atoms with van der Waals surface area (Å²) in [5, 5.41) is 17.2. The number of nitrogens with zero attached hydrogens (tertiary/aromatic N) is 2. The SMILES string of the molecule is CCS(=O)(=O)C1C=C(C2(C(C)=N)CC2)C=NC1C(=O)[N+](=O)[O-]. The molecule has 2 atom stereocenters. The molecule has 1 aliphatic heterocycles. The molecular weight excluding hydrogens is 310 g/mol. The number of rotatable bonds is 5. The summed E-state index contributed by atoms with van der Waals surface area (Å²) in [6.07, 6.45) is 4.13. The van der Waals surface area contributed by atoms with E-state index >= 15 is 0 Å². The van der Waals surface area contributed by atoms with Crippen molar-refractivity contribution in [2.24, 2.45) is 10.4 Å². The van der Waals surface area contributed by atoms with Crippen LogP contribution in [0.2, 0.25) is 0 Å². The zero-order chi connectivity index (χ0) is 16.7. The third kappa shape index (κ3) is 2.60. The summed E-state index contributed by atoms with van der Waals surface area (Å²) in [5.74, 6) is -1.67. The lowest BCUT2D eigenvalue weighted by molar-refractivity contribution is -0.403. The molecule has 1 N–H and O–H groups in total. The van der Waals surface area contributed by atoms with Gasteiger partial charge in [0.15, 0.2) is 9.84 Å². The molecule has 1 aliphatic carbocycles. The van der Waals surface area contributed by atoms with E-state index in [0.717, 1.165) is 0 Å². The minimum Gasteiger partial charge on any atom is -0.309 e. The summed E-state index contributed by atoms with van der Waals surface area (Å²) in [4.78, 5) is 25.0. The molecule has 0 saturated heterocycles. The third-order valence-corrected chi connectivity index (χ3v) is 6.33. The van der Waals surface area contributed by atoms with Crippen molar-refractivity contribution in [3.63, 3.8) is 0 Å². The molecule has 0 aromatic rings. The molecule has 1 heterocycles. The van der Waals surface area contributed by atoms with Gasteiger partial charge in [-0.05, 0) is 25.3 Å². The Balaban J connectivity index is 2.47. The van der Waals surface area contributed by atoms with Crippen LogP contribution in [0.1, 0.15) is 26.7 Å². The Kier molecular flexibility index (Phi) is 4.03. The molecule has 0 bridgehead atoms. The molecule has 9 heteroatoms. The Morgan fingerprint density at radius 3 is 2.55 bits per heavy atom. The second-order valence-electron chi connectivity index (χ2n) is 5.56. The van der Waals surface area contributed by atoms with Crippen LogP contribution in [-0.4, -0.2) is 48.2 Å². The highest BCUT2D eigenvalue weighted by Crippen LogP contribution is 2.53. The van der Waals surface area contributed by atoms with Crippen molar-refractivity contribution in [1.29, 1.82) is 5.41 Å². The van der Waals surface area contributed by atoms with Crippen molar-refractivity contribution in [3.8, 4) is 0 Å². The second kappa shape index (κ2) is 5.38. The maximum Gasteiger partial charge on any atom is 0.470 e. The molecule has 0 spiro atoms. The molecule has 22 heavy (non-hydrogen) atoms. The number of nitrogens with one attached hydrogen (secondary N) is 1. The molecular formula is C13H17N3O5S. The number of aliphatic imine (C=N–C) groups is 1. The standard InChI is InChI=1S/C13H17N3O5S/c1-3-22(20,21)10-6-9(13(4-5-13)8(2)14)7-15-11(10)12(17)16(18)19/h6-7,10-11,14H,3-5H2,1-2H3. The molecule has 120 valence electrons. The fraction of sp³-hybridized carbons (Fsp3) is 0.615. The number of dihydropyridines is 1. The highest BCUT2D eigenvalue weighted by molar-refractivity contribution is 7.92. The molecule has 0 radical (unpaired) electrons. The lowest BCUT2D eigenvalue weighted by Gasteiger charge is -2.24. The minimum absolute atomic E-state index is 0.241. The average Bonchev–Trinajstić information content (AvgIpc) is 3.27. The number of carbonyl (C=O) groups is 1. The monoisotopic (exact) mass is 327 g/mol. The van der Waals surface area contributed by atoms with Crippen LogP contribution in [0, 0.1) is 20.9 Å². The van der Waals surface area contributed by atoms with Crippen molar-refractivity contribution in [2.45, 2.75) is 38.0 Å². The molecule has 1 fully saturated rings. The smallest absolute Gasteiger partial charge is 0.309 e. The third-order valence-electron chi connectivity index (χ3n) is 4.30. The Morgan fingerprint density at radius 1 is 1.55 bits per heavy atom. The van der Waals surface area contributed by atoms with Gasteiger partial charge >= 0.3 is 5.91 Å². The highest BCUT2D eigenvalue weighted by atomic mass is 32.2. The topological polar surface area (TPSA) is 131 Å². The van der Waals surface area contributed by atoms with Crippen molar-refractivity contribution in [3.05, 3.63) is 21.8 Å². The highest BCUT2D eigenvalue weighted by Gasteiger charge is 2.51. The van der Waals surface area contributed by atoms with Gasteiger partial charge in [0, 0.05) is 23.1 Å². The summed E-state index contributed by atoms with van der Waals surface area (Å²) in [5.41, 5.74) is 0.444. The maximum atomic E-state index is 12.2. The summed E-state index contributed by atoms with van der Waals surface area (Å²) in [6.45, 7) is 3.06. The van der Waals surface area contributed by atoms with E-state index in [9.17, 15) is 23.3 Å². The number of carbonyl (C=O) groups excluding carboxylic acids is 1. The van der Waals surface area contributed by atoms with Gasteiger partial charge in [-0.1, -0.05) is 13.0 Å². The van der Waals surface area contributed by atoms with E-state index in [0.29, 0.717) is 24.1 Å². The molecule has 2 aliphatic rings. The van der Waals surface area contributed by atoms with Gasteiger partial charge in [-0.3, -0.25) is 15.1 Å². The van der Waals surface area contributed by atoms with E-state index in [1.54, 1.807) is 6.92 Å². The molecule has 2 rings (SSSR count). The lowest BCUT2D eigenvalue weighted by Crippen LogP contribution is -2.43. The van der Waals surface area contributed by atoms with Crippen LogP contribution in [0.3, 0.4) is 0 Å². The molecule has 0 aromatic carbocycles. The first-order valence-electron chi connectivity index (χ1n) is 6.86. The molecule has 8 nitrogen and oxygen atoms in total. The van der Waals surface area contributed by atoms with E-state index in [-0.39, 0.29) is 5.75 Å². The normalized spacial score (nSPS) is 26.2. The van der Waals surface area contributed by atoms with E-state index in [2.05, 4.69) is 4.99 Å². The van der Waals surface area contributed by atoms with E-state index in [1.807, 2.05) is 0 Å². The first-order chi connectivity index (χ1) is 10.2. The number of sulfone groups is 1. The van der Waals surface area contributed by atoms with Crippen molar-refractivity contribution < 1.29 is 18.1 Å². The van der Waals surface area contributed by atoms with Gasteiger partial charge in [0.1, 0.15) is 10.2 Å². The second-order valence-corrected chi connectivity index (χ2v) is 8.01. The predicted octanol–water partition coefficient (Wildman–Crippen LogP) is 0.792. The molecule has 0 aromatic heterocycles. The minimum atomic E-state index is -3.73. The fourth-order valence-corrected chi connectivity index (χ4v) is 3.97. The van der Waals surface area contributed by atoms with Gasteiger partial charge in [-0.25, -0.2) is 13.2 Å². The van der Waals surface area contributed by atoms with Crippen LogP contribution in [0.4, 0.5) is 0 Å². The molecule has 1 amide bonds. The zero-order valence-corrected chi connectivity index (χ0v) is 13.1. The number of hydrogen-bond donors (Lipinski definition) is 1. The summed E-state index contributed by atoms with van der Waals surface area (Å²) >= 11 is 0. The van der Waals surface area contributed by atoms with Gasteiger partial charge in [0.05, 0.1) is 0 Å². The first-order valence-corrected chi connectivity index (χ1v) is 8.58. The Labute approximate surface area is 127 Å². The molecule has 2 unspecified atom stereocenters. The van der Waals surface area contributed by atoms with Crippen LogP contribution < -0.4 is 0 Å². The summed E-state index contributed by atoms with van der Waals surface area (Å²) in [7, 11) is -3.73. The van der Waals surface area contributed by atoms with Crippen LogP contribution >= 0.6 is 0 Å². The van der Waals surface area contributed by atoms with Gasteiger partial charge in [-0.15, -0.1) is 0 Å². The Hall–Kier alpha value is -1.90. The number of nitro groups is 1. The van der Waals surface area contributed by atoms with Crippen molar-refractivity contribution in [1.82, 2.24) is 0 Å². The fourth-order valence-electron chi connectivity index (χ4n) is 2.65. The van der Waals surface area contributed by atoms with E-state index < -0.39 is 37.4 Å². The number of hydrogen-bond acceptors (Lipinski definition) is 7. The van der Waals surface area contributed by atoms with E-state index in [4.69, 9.17) is 5.41 Å².